The molecule has 0 spiro atoms. The number of carbonyl (C=O) groups is 2. The molecule has 1 amide bonds. The van der Waals surface area contributed by atoms with Gasteiger partial charge in [0, 0.05) is 23.9 Å². The molecule has 2 heterocycles. The zero-order chi connectivity index (χ0) is 17.7. The van der Waals surface area contributed by atoms with Crippen molar-refractivity contribution < 1.29 is 27.5 Å². The predicted molar refractivity (Wildman–Crippen MR) is 77.8 cm³/mol. The van der Waals surface area contributed by atoms with Gasteiger partial charge in [-0.15, -0.1) is 0 Å². The lowest BCUT2D eigenvalue weighted by atomic mass is 9.93. The fourth-order valence-corrected chi connectivity index (χ4v) is 2.46. The van der Waals surface area contributed by atoms with Gasteiger partial charge in [0.2, 0.25) is 0 Å². The summed E-state index contributed by atoms with van der Waals surface area (Å²) < 4.78 is 40.6. The van der Waals surface area contributed by atoms with Crippen LogP contribution in [0.15, 0.2) is 23.2 Å². The number of halogens is 3. The molecule has 4 N–H and O–H groups in total. The van der Waals surface area contributed by atoms with Gasteiger partial charge in [-0.2, -0.15) is 13.2 Å². The Morgan fingerprint density at radius 3 is 2.58 bits per heavy atom. The maximum atomic E-state index is 12.1. The van der Waals surface area contributed by atoms with Gasteiger partial charge < -0.3 is 26.1 Å². The van der Waals surface area contributed by atoms with Crippen molar-refractivity contribution in [3.63, 3.8) is 0 Å². The maximum Gasteiger partial charge on any atom is 0.422 e. The van der Waals surface area contributed by atoms with Crippen LogP contribution in [0.3, 0.4) is 0 Å². The molecule has 132 valence electrons. The summed E-state index contributed by atoms with van der Waals surface area (Å²) in [4.78, 5) is 23.6. The highest BCUT2D eigenvalue weighted by Gasteiger charge is 2.31. The number of hydrogen-bond acceptors (Lipinski definition) is 6. The Kier molecular flexibility index (Phi) is 5.60. The standard InChI is InChI=1S/C14H17F3N4O3/c15-14(16,17)7-24-13(23)9(6-18)12-20-10(5-11(22)21-12)8-1-3-19-4-2-8/h5-6,8,18-20H,1-4,7H2,(H,21,22)/b12-9-,18-6?. The smallest absolute Gasteiger partial charge is 0.422 e. The van der Waals surface area contributed by atoms with Crippen molar-refractivity contribution in [2.45, 2.75) is 19.0 Å². The first-order chi connectivity index (χ1) is 11.3. The zero-order valence-corrected chi connectivity index (χ0v) is 12.6. The number of nitrogens with one attached hydrogen (secondary N) is 4. The summed E-state index contributed by atoms with van der Waals surface area (Å²) in [7, 11) is 0. The first-order valence-corrected chi connectivity index (χ1v) is 7.29. The van der Waals surface area contributed by atoms with Crippen LogP contribution in [-0.2, 0) is 14.3 Å². The Balaban J connectivity index is 2.16. The summed E-state index contributed by atoms with van der Waals surface area (Å²) in [5.41, 5.74) is 0.0883. The number of hydrogen-bond donors (Lipinski definition) is 4. The van der Waals surface area contributed by atoms with Crippen molar-refractivity contribution in [2.24, 2.45) is 5.92 Å². The molecule has 2 aliphatic rings. The van der Waals surface area contributed by atoms with Crippen molar-refractivity contribution in [1.29, 1.82) is 5.41 Å². The number of alkyl halides is 3. The molecule has 0 saturated carbocycles. The molecule has 0 radical (unpaired) electrons. The number of carbonyl (C=O) groups excluding carboxylic acids is 2. The van der Waals surface area contributed by atoms with E-state index in [2.05, 4.69) is 20.7 Å². The Hall–Kier alpha value is -2.36. The van der Waals surface area contributed by atoms with Crippen LogP contribution in [-0.4, -0.2) is 44.0 Å². The van der Waals surface area contributed by atoms with Crippen molar-refractivity contribution in [1.82, 2.24) is 16.0 Å². The van der Waals surface area contributed by atoms with Crippen LogP contribution in [0, 0.1) is 11.3 Å². The van der Waals surface area contributed by atoms with E-state index in [9.17, 15) is 22.8 Å². The Morgan fingerprint density at radius 2 is 2.00 bits per heavy atom. The Morgan fingerprint density at radius 1 is 1.33 bits per heavy atom. The number of esters is 1. The third-order valence-corrected chi connectivity index (χ3v) is 3.58. The minimum Gasteiger partial charge on any atom is -0.452 e. The summed E-state index contributed by atoms with van der Waals surface area (Å²) >= 11 is 0. The molecule has 0 bridgehead atoms. The molecule has 0 aromatic rings. The SMILES string of the molecule is N=C/C(C(=O)OCC(F)(F)F)=C1/NC(=O)C=C(C2CCNCC2)N1. The van der Waals surface area contributed by atoms with Gasteiger partial charge in [-0.05, 0) is 25.9 Å². The lowest BCUT2D eigenvalue weighted by Crippen LogP contribution is -2.42. The van der Waals surface area contributed by atoms with E-state index in [0.717, 1.165) is 25.9 Å². The molecule has 2 aliphatic heterocycles. The minimum absolute atomic E-state index is 0.0606. The van der Waals surface area contributed by atoms with Crippen LogP contribution in [0.2, 0.25) is 0 Å². The summed E-state index contributed by atoms with van der Waals surface area (Å²) in [5.74, 6) is -1.93. The van der Waals surface area contributed by atoms with Gasteiger partial charge in [0.25, 0.3) is 5.91 Å². The lowest BCUT2D eigenvalue weighted by molar-refractivity contribution is -0.183. The summed E-state index contributed by atoms with van der Waals surface area (Å²) in [6, 6.07) is 0. The van der Waals surface area contributed by atoms with Gasteiger partial charge in [0.1, 0.15) is 11.4 Å². The summed E-state index contributed by atoms with van der Waals surface area (Å²) in [5, 5.41) is 15.6. The van der Waals surface area contributed by atoms with Gasteiger partial charge in [-0.1, -0.05) is 0 Å². The van der Waals surface area contributed by atoms with Gasteiger partial charge in [-0.25, -0.2) is 4.79 Å². The molecule has 0 atom stereocenters. The van der Waals surface area contributed by atoms with Crippen molar-refractivity contribution in [3.05, 3.63) is 23.2 Å². The predicted octanol–water partition coefficient (Wildman–Crippen LogP) is 0.556. The highest BCUT2D eigenvalue weighted by Crippen LogP contribution is 2.22. The van der Waals surface area contributed by atoms with Crippen LogP contribution >= 0.6 is 0 Å². The summed E-state index contributed by atoms with van der Waals surface area (Å²) in [6.07, 6.45) is -1.22. The highest BCUT2D eigenvalue weighted by atomic mass is 19.4. The first-order valence-electron chi connectivity index (χ1n) is 7.29. The number of amides is 1. The maximum absolute atomic E-state index is 12.1. The number of rotatable bonds is 4. The topological polar surface area (TPSA) is 103 Å². The molecule has 1 saturated heterocycles. The minimum atomic E-state index is -4.67. The third-order valence-electron chi connectivity index (χ3n) is 3.58. The molecule has 7 nitrogen and oxygen atoms in total. The van der Waals surface area contributed by atoms with Crippen molar-refractivity contribution >= 4 is 18.1 Å². The zero-order valence-electron chi connectivity index (χ0n) is 12.6. The van der Waals surface area contributed by atoms with E-state index in [1.165, 1.54) is 6.08 Å². The van der Waals surface area contributed by atoms with E-state index in [-0.39, 0.29) is 11.7 Å². The van der Waals surface area contributed by atoms with Gasteiger partial charge >= 0.3 is 12.1 Å². The van der Waals surface area contributed by atoms with Gasteiger partial charge in [-0.3, -0.25) is 4.79 Å². The Bertz CT molecular complexity index is 593. The average Bonchev–Trinajstić information content (AvgIpc) is 2.53. The van der Waals surface area contributed by atoms with Crippen LogP contribution in [0.25, 0.3) is 0 Å². The molecule has 1 fully saturated rings. The summed E-state index contributed by atoms with van der Waals surface area (Å²) in [6.45, 7) is -0.216. The lowest BCUT2D eigenvalue weighted by Gasteiger charge is -2.29. The average molecular weight is 346 g/mol. The monoisotopic (exact) mass is 346 g/mol. The molecule has 24 heavy (non-hydrogen) atoms. The van der Waals surface area contributed by atoms with Gasteiger partial charge in [0.05, 0.1) is 0 Å². The quantitative estimate of drug-likeness (QED) is 0.338. The molecule has 0 aromatic heterocycles. The normalized spacial score (nSPS) is 21.3. The van der Waals surface area contributed by atoms with Gasteiger partial charge in [0.15, 0.2) is 6.61 Å². The second-order valence-corrected chi connectivity index (χ2v) is 5.36. The van der Waals surface area contributed by atoms with E-state index >= 15 is 0 Å². The number of piperidine rings is 1. The number of ether oxygens (including phenoxy) is 1. The second-order valence-electron chi connectivity index (χ2n) is 5.36. The molecular formula is C14H17F3N4O3. The number of allylic oxidation sites excluding steroid dienone is 1. The van der Waals surface area contributed by atoms with E-state index in [0.29, 0.717) is 11.9 Å². The second kappa shape index (κ2) is 7.47. The molecule has 0 aromatic carbocycles. The molecule has 0 aliphatic carbocycles. The van der Waals surface area contributed by atoms with Crippen molar-refractivity contribution in [2.75, 3.05) is 19.7 Å². The fourth-order valence-electron chi connectivity index (χ4n) is 2.46. The van der Waals surface area contributed by atoms with E-state index in [4.69, 9.17) is 5.41 Å². The van der Waals surface area contributed by atoms with Crippen LogP contribution in [0.4, 0.5) is 13.2 Å². The molecule has 10 heteroatoms. The van der Waals surface area contributed by atoms with Crippen LogP contribution < -0.4 is 16.0 Å². The highest BCUT2D eigenvalue weighted by molar-refractivity contribution is 6.10. The van der Waals surface area contributed by atoms with Crippen LogP contribution in [0.1, 0.15) is 12.8 Å². The molecule has 0 unspecified atom stereocenters. The van der Waals surface area contributed by atoms with E-state index in [1.54, 1.807) is 0 Å². The molecule has 2 rings (SSSR count). The first kappa shape index (κ1) is 18.0. The fraction of sp³-hybridized carbons (Fsp3) is 0.500. The van der Waals surface area contributed by atoms with Crippen LogP contribution in [0.5, 0.6) is 0 Å². The Labute approximate surface area is 135 Å². The third kappa shape index (κ3) is 4.82. The largest absolute Gasteiger partial charge is 0.452 e. The van der Waals surface area contributed by atoms with E-state index < -0.39 is 30.2 Å². The van der Waals surface area contributed by atoms with Crippen molar-refractivity contribution in [3.8, 4) is 0 Å². The van der Waals surface area contributed by atoms with E-state index in [1.807, 2.05) is 0 Å². The molecular weight excluding hydrogens is 329 g/mol.